The topological polar surface area (TPSA) is 92.9 Å². The highest BCUT2D eigenvalue weighted by Gasteiger charge is 2.13. The largest absolute Gasteiger partial charge is 0.322 e. The molecule has 0 saturated carbocycles. The minimum atomic E-state index is -0.147. The van der Waals surface area contributed by atoms with Crippen LogP contribution in [0.3, 0.4) is 0 Å². The molecule has 0 atom stereocenters. The van der Waals surface area contributed by atoms with Crippen molar-refractivity contribution < 1.29 is 4.79 Å². The predicted molar refractivity (Wildman–Crippen MR) is 131 cm³/mol. The third-order valence-corrected chi connectivity index (χ3v) is 5.24. The molecule has 0 saturated heterocycles. The van der Waals surface area contributed by atoms with E-state index in [1.165, 1.54) is 0 Å². The van der Waals surface area contributed by atoms with Gasteiger partial charge >= 0.3 is 0 Å². The molecule has 3 aromatic heterocycles. The van der Waals surface area contributed by atoms with Gasteiger partial charge in [0, 0.05) is 54.8 Å². The van der Waals surface area contributed by atoms with Gasteiger partial charge in [-0.15, -0.1) is 0 Å². The lowest BCUT2D eigenvalue weighted by molar-refractivity contribution is -0.111. The summed E-state index contributed by atoms with van der Waals surface area (Å²) in [7, 11) is 5.77. The maximum Gasteiger partial charge on any atom is 0.248 e. The summed E-state index contributed by atoms with van der Waals surface area (Å²) in [6.07, 6.45) is 8.97. The van der Waals surface area contributed by atoms with Crippen molar-refractivity contribution in [3.05, 3.63) is 66.1 Å². The Labute approximate surface area is 192 Å². The number of likely N-dealkylation sites (N-methyl/N-ethyl adjacent to an activating group) is 1. The molecule has 4 aromatic rings. The van der Waals surface area contributed by atoms with E-state index in [-0.39, 0.29) is 5.91 Å². The average molecular weight is 445 g/mol. The third-order valence-electron chi connectivity index (χ3n) is 5.24. The number of amides is 1. The van der Waals surface area contributed by atoms with Crippen molar-refractivity contribution in [3.8, 4) is 5.82 Å². The highest BCUT2D eigenvalue weighted by molar-refractivity contribution is 6.01. The zero-order valence-corrected chi connectivity index (χ0v) is 19.5. The van der Waals surface area contributed by atoms with Crippen LogP contribution >= 0.6 is 0 Å². The molecule has 170 valence electrons. The zero-order valence-electron chi connectivity index (χ0n) is 19.5. The molecular formula is C24H28N8O. The van der Waals surface area contributed by atoms with Gasteiger partial charge < -0.3 is 20.1 Å². The van der Waals surface area contributed by atoms with Crippen LogP contribution < -0.4 is 10.6 Å². The Morgan fingerprint density at radius 3 is 2.73 bits per heavy atom. The smallest absolute Gasteiger partial charge is 0.248 e. The van der Waals surface area contributed by atoms with Crippen LogP contribution in [0.25, 0.3) is 16.7 Å². The van der Waals surface area contributed by atoms with Gasteiger partial charge in [-0.25, -0.2) is 4.98 Å². The first-order valence-electron chi connectivity index (χ1n) is 10.6. The molecule has 0 radical (unpaired) electrons. The van der Waals surface area contributed by atoms with Gasteiger partial charge in [0.2, 0.25) is 11.9 Å². The quantitative estimate of drug-likeness (QED) is 0.424. The summed E-state index contributed by atoms with van der Waals surface area (Å²) in [5, 5.41) is 11.4. The van der Waals surface area contributed by atoms with E-state index in [1.54, 1.807) is 23.2 Å². The number of hydrogen-bond acceptors (Lipinski definition) is 6. The number of benzene rings is 1. The van der Waals surface area contributed by atoms with E-state index in [0.717, 1.165) is 39.4 Å². The minimum Gasteiger partial charge on any atom is -0.322 e. The van der Waals surface area contributed by atoms with Gasteiger partial charge in [0.15, 0.2) is 0 Å². The third kappa shape index (κ3) is 4.93. The summed E-state index contributed by atoms with van der Waals surface area (Å²) < 4.78 is 3.78. The average Bonchev–Trinajstić information content (AvgIpc) is 3.32. The van der Waals surface area contributed by atoms with Crippen molar-refractivity contribution in [1.82, 2.24) is 29.2 Å². The van der Waals surface area contributed by atoms with Crippen LogP contribution in [0.15, 0.2) is 55.0 Å². The lowest BCUT2D eigenvalue weighted by Gasteiger charge is -2.11. The van der Waals surface area contributed by atoms with Crippen molar-refractivity contribution in [2.24, 2.45) is 7.05 Å². The molecule has 2 N–H and O–H groups in total. The van der Waals surface area contributed by atoms with Crippen molar-refractivity contribution >= 4 is 34.3 Å². The summed E-state index contributed by atoms with van der Waals surface area (Å²) >= 11 is 0. The van der Waals surface area contributed by atoms with Gasteiger partial charge in [0.1, 0.15) is 11.6 Å². The van der Waals surface area contributed by atoms with E-state index in [0.29, 0.717) is 12.5 Å². The van der Waals surface area contributed by atoms with Crippen LogP contribution in [0.5, 0.6) is 0 Å². The number of nitrogens with one attached hydrogen (secondary N) is 2. The molecule has 4 rings (SSSR count). The predicted octanol–water partition coefficient (Wildman–Crippen LogP) is 3.57. The second-order valence-electron chi connectivity index (χ2n) is 8.23. The fraction of sp³-hybridized carbons (Fsp3) is 0.250. The van der Waals surface area contributed by atoms with Crippen LogP contribution in [0.4, 0.5) is 17.5 Å². The molecule has 9 heteroatoms. The SMILES string of the molecule is Cc1cnc(Nc2ccnn2C)nc1-n1cc(C)c2cc(NC(=O)/C=C/CN(C)C)ccc21. The number of aryl methyl sites for hydroxylation is 3. The van der Waals surface area contributed by atoms with E-state index in [1.807, 2.05) is 70.2 Å². The fourth-order valence-electron chi connectivity index (χ4n) is 3.55. The second kappa shape index (κ2) is 9.25. The monoisotopic (exact) mass is 444 g/mol. The zero-order chi connectivity index (χ0) is 23.5. The summed E-state index contributed by atoms with van der Waals surface area (Å²) in [6.45, 7) is 4.75. The molecule has 0 aliphatic rings. The van der Waals surface area contributed by atoms with Crippen LogP contribution in [0.1, 0.15) is 11.1 Å². The molecule has 1 amide bonds. The van der Waals surface area contributed by atoms with E-state index in [2.05, 4.69) is 31.5 Å². The fourth-order valence-corrected chi connectivity index (χ4v) is 3.55. The number of carbonyl (C=O) groups excluding carboxylic acids is 1. The van der Waals surface area contributed by atoms with Crippen molar-refractivity contribution in [1.29, 1.82) is 0 Å². The Morgan fingerprint density at radius 2 is 2.00 bits per heavy atom. The highest BCUT2D eigenvalue weighted by atomic mass is 16.1. The van der Waals surface area contributed by atoms with Crippen molar-refractivity contribution in [2.45, 2.75) is 13.8 Å². The lowest BCUT2D eigenvalue weighted by Crippen LogP contribution is -2.12. The molecular weight excluding hydrogens is 416 g/mol. The summed E-state index contributed by atoms with van der Waals surface area (Å²) in [6, 6.07) is 7.76. The Bertz CT molecular complexity index is 1330. The first-order chi connectivity index (χ1) is 15.8. The summed E-state index contributed by atoms with van der Waals surface area (Å²) in [5.41, 5.74) is 3.79. The molecule has 0 spiro atoms. The van der Waals surface area contributed by atoms with E-state index in [9.17, 15) is 4.79 Å². The Kier molecular flexibility index (Phi) is 6.23. The molecule has 0 bridgehead atoms. The van der Waals surface area contributed by atoms with Crippen LogP contribution in [0, 0.1) is 13.8 Å². The van der Waals surface area contributed by atoms with Gasteiger partial charge in [0.05, 0.1) is 11.7 Å². The number of anilines is 3. The normalized spacial score (nSPS) is 11.6. The first kappa shape index (κ1) is 22.2. The maximum atomic E-state index is 12.2. The lowest BCUT2D eigenvalue weighted by atomic mass is 10.1. The molecule has 0 unspecified atom stereocenters. The first-order valence-corrected chi connectivity index (χ1v) is 10.6. The maximum absolute atomic E-state index is 12.2. The van der Waals surface area contributed by atoms with Gasteiger partial charge in [0.25, 0.3) is 0 Å². The Hall–Kier alpha value is -3.98. The van der Waals surface area contributed by atoms with Gasteiger partial charge in [-0.2, -0.15) is 10.1 Å². The molecule has 1 aromatic carbocycles. The number of carbonyl (C=O) groups is 1. The van der Waals surface area contributed by atoms with E-state index < -0.39 is 0 Å². The highest BCUT2D eigenvalue weighted by Crippen LogP contribution is 2.28. The summed E-state index contributed by atoms with van der Waals surface area (Å²) in [4.78, 5) is 23.4. The summed E-state index contributed by atoms with van der Waals surface area (Å²) in [5.74, 6) is 1.94. The number of aromatic nitrogens is 5. The van der Waals surface area contributed by atoms with Crippen molar-refractivity contribution in [2.75, 3.05) is 31.3 Å². The molecule has 0 fully saturated rings. The number of fused-ring (bicyclic) bond motifs is 1. The molecule has 0 aliphatic heterocycles. The number of hydrogen-bond donors (Lipinski definition) is 2. The molecule has 0 aliphatic carbocycles. The van der Waals surface area contributed by atoms with E-state index >= 15 is 0 Å². The number of rotatable bonds is 7. The van der Waals surface area contributed by atoms with Crippen LogP contribution in [-0.2, 0) is 11.8 Å². The number of nitrogens with zero attached hydrogens (tertiary/aromatic N) is 6. The van der Waals surface area contributed by atoms with Gasteiger partial charge in [-0.05, 0) is 51.7 Å². The molecule has 3 heterocycles. The Morgan fingerprint density at radius 1 is 1.18 bits per heavy atom. The van der Waals surface area contributed by atoms with Crippen LogP contribution in [0.2, 0.25) is 0 Å². The van der Waals surface area contributed by atoms with Gasteiger partial charge in [-0.1, -0.05) is 6.08 Å². The van der Waals surface area contributed by atoms with Crippen LogP contribution in [-0.4, -0.2) is 55.8 Å². The van der Waals surface area contributed by atoms with Crippen molar-refractivity contribution in [3.63, 3.8) is 0 Å². The molecule has 9 nitrogen and oxygen atoms in total. The van der Waals surface area contributed by atoms with E-state index in [4.69, 9.17) is 4.98 Å². The minimum absolute atomic E-state index is 0.147. The standard InChI is InChI=1S/C24H28N8O/c1-16-14-25-24(28-21-10-11-26-31(21)5)29-23(16)32-15-17(2)19-13-18(8-9-20(19)32)27-22(33)7-6-12-30(3)4/h6-11,13-15H,12H2,1-5H3,(H,27,33)(H,25,28,29)/b7-6+. The Balaban J connectivity index is 1.63. The second-order valence-corrected chi connectivity index (χ2v) is 8.23. The molecule has 33 heavy (non-hydrogen) atoms. The van der Waals surface area contributed by atoms with Gasteiger partial charge in [-0.3, -0.25) is 9.48 Å².